The van der Waals surface area contributed by atoms with Crippen LogP contribution in [0.5, 0.6) is 0 Å². The van der Waals surface area contributed by atoms with Crippen LogP contribution < -0.4 is 5.32 Å². The van der Waals surface area contributed by atoms with Crippen LogP contribution in [-0.4, -0.2) is 29.0 Å². The maximum absolute atomic E-state index is 9.54. The Kier molecular flexibility index (Phi) is 5.45. The third kappa shape index (κ3) is 3.33. The molecule has 3 aromatic rings. The van der Waals surface area contributed by atoms with Gasteiger partial charge in [0, 0.05) is 27.4 Å². The molecule has 0 unspecified atom stereocenters. The summed E-state index contributed by atoms with van der Waals surface area (Å²) in [4.78, 5) is 0. The summed E-state index contributed by atoms with van der Waals surface area (Å²) in [6, 6.07) is 11.2. The highest BCUT2D eigenvalue weighted by Crippen LogP contribution is 2.42. The predicted molar refractivity (Wildman–Crippen MR) is 106 cm³/mol. The lowest BCUT2D eigenvalue weighted by molar-refractivity contribution is 0.103. The first kappa shape index (κ1) is 18.7. The monoisotopic (exact) mass is 397 g/mol. The fourth-order valence-electron chi connectivity index (χ4n) is 2.92. The van der Waals surface area contributed by atoms with Crippen molar-refractivity contribution in [2.45, 2.75) is 19.0 Å². The van der Waals surface area contributed by atoms with Crippen LogP contribution >= 0.6 is 34.8 Å². The molecular formula is C19H18Cl3NO2. The van der Waals surface area contributed by atoms with Crippen LogP contribution in [0.2, 0.25) is 15.1 Å². The van der Waals surface area contributed by atoms with Gasteiger partial charge in [0.15, 0.2) is 0 Å². The zero-order valence-corrected chi connectivity index (χ0v) is 15.9. The summed E-state index contributed by atoms with van der Waals surface area (Å²) in [6.07, 6.45) is 0. The lowest BCUT2D eigenvalue weighted by atomic mass is 9.95. The van der Waals surface area contributed by atoms with E-state index in [4.69, 9.17) is 34.8 Å². The number of rotatable bonds is 5. The van der Waals surface area contributed by atoms with Gasteiger partial charge in [-0.2, -0.15) is 0 Å². The van der Waals surface area contributed by atoms with Crippen molar-refractivity contribution < 1.29 is 10.2 Å². The van der Waals surface area contributed by atoms with E-state index >= 15 is 0 Å². The Morgan fingerprint density at radius 3 is 1.80 bits per heavy atom. The van der Waals surface area contributed by atoms with Gasteiger partial charge in [-0.05, 0) is 35.4 Å². The van der Waals surface area contributed by atoms with Crippen molar-refractivity contribution in [3.05, 3.63) is 57.0 Å². The summed E-state index contributed by atoms with van der Waals surface area (Å²) >= 11 is 19.4. The molecule has 0 atom stereocenters. The number of benzene rings is 3. The molecule has 0 bridgehead atoms. The highest BCUT2D eigenvalue weighted by atomic mass is 35.5. The van der Waals surface area contributed by atoms with Crippen LogP contribution in [0, 0.1) is 0 Å². The number of aliphatic hydroxyl groups excluding tert-OH is 2. The molecular weight excluding hydrogens is 381 g/mol. The van der Waals surface area contributed by atoms with Crippen LogP contribution in [0.25, 0.3) is 21.5 Å². The van der Waals surface area contributed by atoms with Crippen molar-refractivity contribution in [1.82, 2.24) is 5.32 Å². The van der Waals surface area contributed by atoms with Crippen molar-refractivity contribution in [3.8, 4) is 0 Å². The molecule has 0 saturated carbocycles. The van der Waals surface area contributed by atoms with Crippen molar-refractivity contribution in [3.63, 3.8) is 0 Å². The van der Waals surface area contributed by atoms with Crippen LogP contribution in [0.1, 0.15) is 12.5 Å². The maximum atomic E-state index is 9.54. The Hall–Kier alpha value is -1.07. The molecule has 25 heavy (non-hydrogen) atoms. The second-order valence-corrected chi connectivity index (χ2v) is 7.54. The molecule has 0 aromatic heterocycles. The number of nitrogens with one attached hydrogen (secondary N) is 1. The zero-order chi connectivity index (χ0) is 18.2. The number of hydrogen-bond acceptors (Lipinski definition) is 3. The average molecular weight is 399 g/mol. The molecule has 0 radical (unpaired) electrons. The number of aliphatic hydroxyl groups is 2. The van der Waals surface area contributed by atoms with E-state index in [0.29, 0.717) is 21.6 Å². The number of hydrogen-bond donors (Lipinski definition) is 3. The van der Waals surface area contributed by atoms with Gasteiger partial charge in [0.1, 0.15) is 0 Å². The second-order valence-electron chi connectivity index (χ2n) is 6.35. The topological polar surface area (TPSA) is 52.5 Å². The summed E-state index contributed by atoms with van der Waals surface area (Å²) in [6.45, 7) is 1.80. The highest BCUT2D eigenvalue weighted by Gasteiger charge is 2.23. The molecule has 0 spiro atoms. The number of halogens is 3. The van der Waals surface area contributed by atoms with Gasteiger partial charge in [0.2, 0.25) is 0 Å². The van der Waals surface area contributed by atoms with E-state index in [2.05, 4.69) is 5.32 Å². The molecule has 6 heteroatoms. The van der Waals surface area contributed by atoms with Crippen molar-refractivity contribution in [2.24, 2.45) is 0 Å². The van der Waals surface area contributed by atoms with E-state index in [1.807, 2.05) is 24.3 Å². The lowest BCUT2D eigenvalue weighted by Crippen LogP contribution is -2.48. The van der Waals surface area contributed by atoms with E-state index in [9.17, 15) is 10.2 Å². The number of fused-ring (bicyclic) bond motifs is 2. The predicted octanol–water partition coefficient (Wildman–Crippen LogP) is 4.79. The van der Waals surface area contributed by atoms with Gasteiger partial charge in [0.05, 0.1) is 23.8 Å². The normalized spacial score (nSPS) is 12.2. The summed E-state index contributed by atoms with van der Waals surface area (Å²) < 4.78 is 0. The summed E-state index contributed by atoms with van der Waals surface area (Å²) in [5.41, 5.74) is 0.169. The van der Waals surface area contributed by atoms with E-state index in [1.54, 1.807) is 19.1 Å². The molecule has 3 rings (SSSR count). The van der Waals surface area contributed by atoms with Gasteiger partial charge in [-0.3, -0.25) is 0 Å². The van der Waals surface area contributed by atoms with Crippen molar-refractivity contribution in [2.75, 3.05) is 13.2 Å². The van der Waals surface area contributed by atoms with Gasteiger partial charge in [-0.25, -0.2) is 0 Å². The fourth-order valence-corrected chi connectivity index (χ4v) is 3.96. The van der Waals surface area contributed by atoms with Crippen LogP contribution in [0.4, 0.5) is 0 Å². The third-order valence-electron chi connectivity index (χ3n) is 4.51. The average Bonchev–Trinajstić information content (AvgIpc) is 2.61. The van der Waals surface area contributed by atoms with Crippen LogP contribution in [0.3, 0.4) is 0 Å². The first-order chi connectivity index (χ1) is 11.9. The Bertz CT molecular complexity index is 876. The Balaban J connectivity index is 2.30. The van der Waals surface area contributed by atoms with Crippen molar-refractivity contribution in [1.29, 1.82) is 0 Å². The van der Waals surface area contributed by atoms with Gasteiger partial charge in [-0.15, -0.1) is 0 Å². The van der Waals surface area contributed by atoms with Gasteiger partial charge >= 0.3 is 0 Å². The minimum Gasteiger partial charge on any atom is -0.394 e. The molecule has 132 valence electrons. The van der Waals surface area contributed by atoms with Crippen molar-refractivity contribution >= 4 is 56.3 Å². The quantitative estimate of drug-likeness (QED) is 0.542. The van der Waals surface area contributed by atoms with E-state index in [1.165, 1.54) is 0 Å². The molecule has 0 amide bonds. The summed E-state index contributed by atoms with van der Waals surface area (Å²) in [7, 11) is 0. The highest BCUT2D eigenvalue weighted by molar-refractivity contribution is 6.48. The molecule has 0 aliphatic rings. The molecule has 0 saturated heterocycles. The van der Waals surface area contributed by atoms with E-state index in [-0.39, 0.29) is 13.2 Å². The molecule has 0 aliphatic carbocycles. The van der Waals surface area contributed by atoms with E-state index < -0.39 is 5.54 Å². The molecule has 0 heterocycles. The SMILES string of the molecule is CC(CO)(CO)NCc1c2cccc(Cl)c2c(Cl)c2c(Cl)cccc12. The zero-order valence-electron chi connectivity index (χ0n) is 13.6. The second kappa shape index (κ2) is 7.28. The summed E-state index contributed by atoms with van der Waals surface area (Å²) in [5.74, 6) is 0. The molecule has 3 aromatic carbocycles. The Morgan fingerprint density at radius 2 is 1.36 bits per heavy atom. The maximum Gasteiger partial charge on any atom is 0.0633 e. The van der Waals surface area contributed by atoms with Gasteiger partial charge < -0.3 is 15.5 Å². The van der Waals surface area contributed by atoms with Crippen LogP contribution in [-0.2, 0) is 6.54 Å². The molecule has 0 aliphatic heterocycles. The molecule has 3 N–H and O–H groups in total. The largest absolute Gasteiger partial charge is 0.394 e. The summed E-state index contributed by atoms with van der Waals surface area (Å²) in [5, 5.41) is 27.3. The Labute approximate surface area is 161 Å². The third-order valence-corrected chi connectivity index (χ3v) is 5.51. The first-order valence-corrected chi connectivity index (χ1v) is 8.99. The fraction of sp³-hybridized carbons (Fsp3) is 0.263. The van der Waals surface area contributed by atoms with E-state index in [0.717, 1.165) is 27.1 Å². The van der Waals surface area contributed by atoms with Gasteiger partial charge in [0.25, 0.3) is 0 Å². The molecule has 3 nitrogen and oxygen atoms in total. The minimum absolute atomic E-state index is 0.186. The standard InChI is InChI=1S/C19H18Cl3NO2/c1-19(9-24,10-25)23-8-13-11-4-2-6-14(20)16(11)18(22)17-12(13)5-3-7-15(17)21/h2-7,23-25H,8-10H2,1H3. The smallest absolute Gasteiger partial charge is 0.0633 e. The van der Waals surface area contributed by atoms with Gasteiger partial charge in [-0.1, -0.05) is 59.1 Å². The Morgan fingerprint density at radius 1 is 0.880 bits per heavy atom. The first-order valence-electron chi connectivity index (χ1n) is 7.85. The van der Waals surface area contributed by atoms with Crippen LogP contribution in [0.15, 0.2) is 36.4 Å². The minimum atomic E-state index is -0.796. The lowest BCUT2D eigenvalue weighted by Gasteiger charge is -2.27. The molecule has 0 fully saturated rings.